The summed E-state index contributed by atoms with van der Waals surface area (Å²) >= 11 is 5.97. The summed E-state index contributed by atoms with van der Waals surface area (Å²) in [5.74, 6) is 1.36. The number of rotatable bonds is 5. The number of nitrogens with one attached hydrogen (secondary N) is 2. The van der Waals surface area contributed by atoms with Crippen LogP contribution in [0.1, 0.15) is 19.3 Å². The van der Waals surface area contributed by atoms with Gasteiger partial charge in [0.05, 0.1) is 6.54 Å². The maximum Gasteiger partial charge on any atom is 0.242 e. The standard InChI is InChI=1S/C22H33ClN6O2/c1-24-20(30)15-17-7-9-29(10-8-17)22(25-2)26-16-21(31)28-13-11-27(12-14-28)19-5-3-18(23)4-6-19/h3-6,17H,7-16H2,1-2H3,(H,24,30)(H,25,26). The summed E-state index contributed by atoms with van der Waals surface area (Å²) in [7, 11) is 3.42. The van der Waals surface area contributed by atoms with Crippen molar-refractivity contribution in [1.82, 2.24) is 20.4 Å². The van der Waals surface area contributed by atoms with Crippen LogP contribution in [0.4, 0.5) is 5.69 Å². The Morgan fingerprint density at radius 3 is 2.26 bits per heavy atom. The molecule has 0 aromatic heterocycles. The van der Waals surface area contributed by atoms with Gasteiger partial charge in [0.25, 0.3) is 0 Å². The molecule has 2 aliphatic heterocycles. The van der Waals surface area contributed by atoms with Gasteiger partial charge in [-0.25, -0.2) is 0 Å². The van der Waals surface area contributed by atoms with Crippen LogP contribution in [0, 0.1) is 5.92 Å². The first-order chi connectivity index (χ1) is 15.0. The number of hydrogen-bond donors (Lipinski definition) is 2. The van der Waals surface area contributed by atoms with E-state index in [1.165, 1.54) is 0 Å². The Bertz CT molecular complexity index is 769. The number of piperazine rings is 1. The highest BCUT2D eigenvalue weighted by atomic mass is 35.5. The normalized spacial score (nSPS) is 18.2. The van der Waals surface area contributed by atoms with Crippen LogP contribution in [0.5, 0.6) is 0 Å². The van der Waals surface area contributed by atoms with Crippen LogP contribution in [-0.4, -0.2) is 87.5 Å². The van der Waals surface area contributed by atoms with Crippen molar-refractivity contribution in [2.24, 2.45) is 10.9 Å². The minimum atomic E-state index is 0.0893. The average molecular weight is 449 g/mol. The molecule has 0 radical (unpaired) electrons. The number of benzene rings is 1. The van der Waals surface area contributed by atoms with Crippen molar-refractivity contribution < 1.29 is 9.59 Å². The lowest BCUT2D eigenvalue weighted by Gasteiger charge is -2.37. The smallest absolute Gasteiger partial charge is 0.242 e. The second kappa shape index (κ2) is 11.2. The molecule has 170 valence electrons. The third-order valence-electron chi connectivity index (χ3n) is 6.10. The van der Waals surface area contributed by atoms with Crippen molar-refractivity contribution in [2.45, 2.75) is 19.3 Å². The van der Waals surface area contributed by atoms with Crippen molar-refractivity contribution in [3.8, 4) is 0 Å². The van der Waals surface area contributed by atoms with Gasteiger partial charge in [0, 0.05) is 70.5 Å². The topological polar surface area (TPSA) is 80.3 Å². The zero-order chi connectivity index (χ0) is 22.2. The quantitative estimate of drug-likeness (QED) is 0.526. The maximum absolute atomic E-state index is 12.7. The van der Waals surface area contributed by atoms with E-state index in [9.17, 15) is 9.59 Å². The van der Waals surface area contributed by atoms with E-state index >= 15 is 0 Å². The van der Waals surface area contributed by atoms with Gasteiger partial charge in [-0.2, -0.15) is 0 Å². The summed E-state index contributed by atoms with van der Waals surface area (Å²) in [6.45, 7) is 4.94. The lowest BCUT2D eigenvalue weighted by molar-refractivity contribution is -0.130. The van der Waals surface area contributed by atoms with E-state index in [-0.39, 0.29) is 18.4 Å². The number of piperidine rings is 1. The zero-order valence-electron chi connectivity index (χ0n) is 18.4. The molecule has 0 saturated carbocycles. The monoisotopic (exact) mass is 448 g/mol. The summed E-state index contributed by atoms with van der Waals surface area (Å²) < 4.78 is 0. The number of anilines is 1. The summed E-state index contributed by atoms with van der Waals surface area (Å²) in [6, 6.07) is 7.82. The summed E-state index contributed by atoms with van der Waals surface area (Å²) in [4.78, 5) is 35.0. The first-order valence-electron chi connectivity index (χ1n) is 10.9. The fourth-order valence-electron chi connectivity index (χ4n) is 4.18. The summed E-state index contributed by atoms with van der Waals surface area (Å²) in [5.41, 5.74) is 1.13. The molecule has 0 bridgehead atoms. The Kier molecular flexibility index (Phi) is 8.40. The third kappa shape index (κ3) is 6.50. The van der Waals surface area contributed by atoms with E-state index in [1.807, 2.05) is 29.2 Å². The molecule has 2 amide bonds. The average Bonchev–Trinajstić information content (AvgIpc) is 2.81. The number of guanidine groups is 1. The number of carbonyl (C=O) groups excluding carboxylic acids is 2. The highest BCUT2D eigenvalue weighted by Gasteiger charge is 2.25. The molecule has 0 spiro atoms. The first kappa shape index (κ1) is 23.2. The molecular formula is C22H33ClN6O2. The predicted molar refractivity (Wildman–Crippen MR) is 125 cm³/mol. The minimum Gasteiger partial charge on any atom is -0.368 e. The lowest BCUT2D eigenvalue weighted by Crippen LogP contribution is -2.53. The minimum absolute atomic E-state index is 0.0893. The molecule has 31 heavy (non-hydrogen) atoms. The second-order valence-electron chi connectivity index (χ2n) is 8.05. The van der Waals surface area contributed by atoms with Gasteiger partial charge in [-0.05, 0) is 43.0 Å². The fraction of sp³-hybridized carbons (Fsp3) is 0.591. The predicted octanol–water partition coefficient (Wildman–Crippen LogP) is 1.41. The van der Waals surface area contributed by atoms with Gasteiger partial charge in [-0.1, -0.05) is 11.6 Å². The van der Waals surface area contributed by atoms with E-state index in [4.69, 9.17) is 11.6 Å². The van der Waals surface area contributed by atoms with Gasteiger partial charge in [0.15, 0.2) is 5.96 Å². The molecule has 1 aromatic rings. The Morgan fingerprint density at radius 1 is 1.03 bits per heavy atom. The molecule has 1 aromatic carbocycles. The number of aliphatic imine (C=N–C) groups is 1. The largest absolute Gasteiger partial charge is 0.368 e. The van der Waals surface area contributed by atoms with Crippen LogP contribution < -0.4 is 15.5 Å². The number of nitrogens with zero attached hydrogens (tertiary/aromatic N) is 4. The van der Waals surface area contributed by atoms with E-state index < -0.39 is 0 Å². The molecule has 2 heterocycles. The number of amides is 2. The molecule has 2 aliphatic rings. The SMILES string of the molecule is CN=C(NCC(=O)N1CCN(c2ccc(Cl)cc2)CC1)N1CCC(CC(=O)NC)CC1. The van der Waals surface area contributed by atoms with Crippen molar-refractivity contribution in [1.29, 1.82) is 0 Å². The molecule has 8 nitrogen and oxygen atoms in total. The van der Waals surface area contributed by atoms with Crippen molar-refractivity contribution in [3.05, 3.63) is 29.3 Å². The second-order valence-corrected chi connectivity index (χ2v) is 8.49. The van der Waals surface area contributed by atoms with Crippen molar-refractivity contribution in [2.75, 3.05) is 64.8 Å². The number of likely N-dealkylation sites (tertiary alicyclic amines) is 1. The van der Waals surface area contributed by atoms with Crippen LogP contribution >= 0.6 is 11.6 Å². The number of hydrogen-bond acceptors (Lipinski definition) is 4. The van der Waals surface area contributed by atoms with Gasteiger partial charge < -0.3 is 25.3 Å². The Balaban J connectivity index is 1.40. The zero-order valence-corrected chi connectivity index (χ0v) is 19.2. The fourth-order valence-corrected chi connectivity index (χ4v) is 4.30. The highest BCUT2D eigenvalue weighted by molar-refractivity contribution is 6.30. The van der Waals surface area contributed by atoms with Crippen LogP contribution in [0.15, 0.2) is 29.3 Å². The van der Waals surface area contributed by atoms with Gasteiger partial charge in [0.2, 0.25) is 11.8 Å². The van der Waals surface area contributed by atoms with Gasteiger partial charge in [0.1, 0.15) is 0 Å². The maximum atomic E-state index is 12.7. The van der Waals surface area contributed by atoms with Gasteiger partial charge in [-0.3, -0.25) is 14.6 Å². The molecule has 0 unspecified atom stereocenters. The van der Waals surface area contributed by atoms with Crippen LogP contribution in [0.2, 0.25) is 5.02 Å². The molecule has 2 saturated heterocycles. The number of carbonyl (C=O) groups is 2. The molecule has 9 heteroatoms. The van der Waals surface area contributed by atoms with E-state index in [2.05, 4.69) is 25.4 Å². The van der Waals surface area contributed by atoms with E-state index in [0.29, 0.717) is 25.4 Å². The number of halogens is 1. The molecule has 0 aliphatic carbocycles. The Hall–Kier alpha value is -2.48. The lowest BCUT2D eigenvalue weighted by atomic mass is 9.93. The molecular weight excluding hydrogens is 416 g/mol. The van der Waals surface area contributed by atoms with Gasteiger partial charge in [-0.15, -0.1) is 0 Å². The highest BCUT2D eigenvalue weighted by Crippen LogP contribution is 2.21. The summed E-state index contributed by atoms with van der Waals surface area (Å²) in [6.07, 6.45) is 2.49. The van der Waals surface area contributed by atoms with E-state index in [0.717, 1.165) is 55.7 Å². The van der Waals surface area contributed by atoms with Crippen LogP contribution in [-0.2, 0) is 9.59 Å². The molecule has 3 rings (SSSR count). The molecule has 2 N–H and O–H groups in total. The molecule has 0 atom stereocenters. The Labute approximate surface area is 189 Å². The Morgan fingerprint density at radius 2 is 1.68 bits per heavy atom. The van der Waals surface area contributed by atoms with Crippen LogP contribution in [0.3, 0.4) is 0 Å². The first-order valence-corrected chi connectivity index (χ1v) is 11.3. The summed E-state index contributed by atoms with van der Waals surface area (Å²) in [5, 5.41) is 6.66. The van der Waals surface area contributed by atoms with Crippen molar-refractivity contribution >= 4 is 35.1 Å². The molecule has 2 fully saturated rings. The van der Waals surface area contributed by atoms with Gasteiger partial charge >= 0.3 is 0 Å². The van der Waals surface area contributed by atoms with Crippen LogP contribution in [0.25, 0.3) is 0 Å². The van der Waals surface area contributed by atoms with E-state index in [1.54, 1.807) is 14.1 Å². The third-order valence-corrected chi connectivity index (χ3v) is 6.35. The van der Waals surface area contributed by atoms with Crippen molar-refractivity contribution in [3.63, 3.8) is 0 Å².